The number of aryl methyl sites for hydroxylation is 1. The first-order chi connectivity index (χ1) is 22.4. The maximum absolute atomic E-state index is 13.5. The number of rotatable bonds is 11. The Hall–Kier alpha value is -3.92. The minimum atomic E-state index is -4.69. The highest BCUT2D eigenvalue weighted by Gasteiger charge is 2.64. The van der Waals surface area contributed by atoms with Gasteiger partial charge in [0.2, 0.25) is 0 Å². The Morgan fingerprint density at radius 2 is 1.62 bits per heavy atom. The zero-order valence-corrected chi connectivity index (χ0v) is 28.3. The van der Waals surface area contributed by atoms with E-state index in [1.807, 2.05) is 46.8 Å². The molecule has 48 heavy (non-hydrogen) atoms. The number of carbonyl (C=O) groups is 1. The number of nitrogens with one attached hydrogen (secondary N) is 1. The molecular formula is C36H39F3N2O6S. The van der Waals surface area contributed by atoms with E-state index in [-0.39, 0.29) is 34.6 Å². The maximum Gasteiger partial charge on any atom is 0.407 e. The summed E-state index contributed by atoms with van der Waals surface area (Å²) in [6.07, 6.45) is -4.11. The van der Waals surface area contributed by atoms with Gasteiger partial charge in [-0.1, -0.05) is 63.6 Å². The predicted molar refractivity (Wildman–Crippen MR) is 173 cm³/mol. The van der Waals surface area contributed by atoms with E-state index in [0.717, 1.165) is 23.3 Å². The number of carbonyl (C=O) groups excluding carboxylic acids is 1. The van der Waals surface area contributed by atoms with E-state index < -0.39 is 44.5 Å². The Balaban J connectivity index is 1.19. The molecule has 1 aliphatic carbocycles. The number of hydrogen-bond acceptors (Lipinski definition) is 6. The van der Waals surface area contributed by atoms with E-state index in [1.54, 1.807) is 24.3 Å². The summed E-state index contributed by atoms with van der Waals surface area (Å²) in [6, 6.07) is 16.7. The highest BCUT2D eigenvalue weighted by Crippen LogP contribution is 2.56. The minimum absolute atomic E-state index is 0.00956. The highest BCUT2D eigenvalue weighted by molar-refractivity contribution is 7.86. The number of hydrogen-bond donors (Lipinski definition) is 1. The van der Waals surface area contributed by atoms with Crippen LogP contribution in [0.4, 0.5) is 18.9 Å². The van der Waals surface area contributed by atoms with Crippen molar-refractivity contribution in [2.45, 2.75) is 70.7 Å². The maximum atomic E-state index is 13.5. The third-order valence-corrected chi connectivity index (χ3v) is 10.9. The van der Waals surface area contributed by atoms with Crippen molar-refractivity contribution < 1.29 is 40.0 Å². The predicted octanol–water partition coefficient (Wildman–Crippen LogP) is 7.53. The van der Waals surface area contributed by atoms with Crippen molar-refractivity contribution in [2.75, 3.05) is 19.8 Å². The lowest BCUT2D eigenvalue weighted by atomic mass is 9.49. The van der Waals surface area contributed by atoms with E-state index in [0.29, 0.717) is 31.6 Å². The van der Waals surface area contributed by atoms with Gasteiger partial charge in [-0.05, 0) is 61.7 Å². The summed E-state index contributed by atoms with van der Waals surface area (Å²) in [5, 5.41) is 3.10. The molecule has 1 heterocycles. The molecule has 0 unspecified atom stereocenters. The molecule has 2 aliphatic rings. The summed E-state index contributed by atoms with van der Waals surface area (Å²) in [4.78, 5) is 16.4. The number of halogens is 3. The monoisotopic (exact) mass is 684 g/mol. The fourth-order valence-corrected chi connectivity index (χ4v) is 8.05. The lowest BCUT2D eigenvalue weighted by Crippen LogP contribution is -2.74. The standard InChI is InChI=1S/C36H39F3N2O6S/c1-23-7-14-27(15-8-23)48(43,44)46-18-17-35(21-45-22-35)20-24-9-11-25(12-10-24)30(42)41-31-33(2,3)32(34(31,4)5)47-26-13-16-29(40-6)28(19-26)36(37,38)39/h7-16,19,31-32H,17-18,20-22H2,1-5H3,(H,41,42). The van der Waals surface area contributed by atoms with Crippen LogP contribution in [-0.4, -0.2) is 46.3 Å². The number of benzene rings is 3. The molecule has 0 spiro atoms. The second-order valence-electron chi connectivity index (χ2n) is 14.0. The SMILES string of the molecule is [C-]#[N+]c1ccc(OC2C(C)(C)C(NC(=O)c3ccc(CC4(CCOS(=O)(=O)c5ccc(C)cc5)COC4)cc3)C2(C)C)cc1C(F)(F)F. The van der Waals surface area contributed by atoms with Crippen molar-refractivity contribution in [3.63, 3.8) is 0 Å². The number of amides is 1. The molecule has 1 aliphatic heterocycles. The zero-order chi connectivity index (χ0) is 35.1. The molecule has 3 aromatic carbocycles. The molecule has 2 fully saturated rings. The molecule has 256 valence electrons. The molecular weight excluding hydrogens is 645 g/mol. The van der Waals surface area contributed by atoms with E-state index in [2.05, 4.69) is 10.2 Å². The largest absolute Gasteiger partial charge is 0.489 e. The molecule has 0 bridgehead atoms. The third-order valence-electron chi connectivity index (χ3n) is 9.56. The van der Waals surface area contributed by atoms with Gasteiger partial charge in [0.05, 0.1) is 36.9 Å². The Bertz CT molecular complexity index is 1790. The van der Waals surface area contributed by atoms with Crippen LogP contribution < -0.4 is 10.1 Å². The average molecular weight is 685 g/mol. The summed E-state index contributed by atoms with van der Waals surface area (Å²) in [5.41, 5.74) is -0.697. The van der Waals surface area contributed by atoms with Gasteiger partial charge < -0.3 is 14.8 Å². The van der Waals surface area contributed by atoms with Crippen LogP contribution in [0.5, 0.6) is 5.75 Å². The summed E-state index contributed by atoms with van der Waals surface area (Å²) < 4.78 is 82.7. The molecule has 12 heteroatoms. The molecule has 0 radical (unpaired) electrons. The Labute approximate surface area is 279 Å². The molecule has 0 aromatic heterocycles. The minimum Gasteiger partial charge on any atom is -0.489 e. The van der Waals surface area contributed by atoms with Crippen molar-refractivity contribution in [3.05, 3.63) is 100 Å². The van der Waals surface area contributed by atoms with Crippen molar-refractivity contribution in [1.29, 1.82) is 0 Å². The van der Waals surface area contributed by atoms with Crippen molar-refractivity contribution in [2.24, 2.45) is 16.2 Å². The van der Waals surface area contributed by atoms with Gasteiger partial charge in [-0.2, -0.15) is 21.6 Å². The zero-order valence-electron chi connectivity index (χ0n) is 27.5. The van der Waals surface area contributed by atoms with Gasteiger partial charge in [0, 0.05) is 27.9 Å². The molecule has 1 N–H and O–H groups in total. The summed E-state index contributed by atoms with van der Waals surface area (Å²) >= 11 is 0. The molecule has 5 rings (SSSR count). The van der Waals surface area contributed by atoms with E-state index >= 15 is 0 Å². The van der Waals surface area contributed by atoms with Crippen LogP contribution in [0, 0.1) is 29.7 Å². The molecule has 1 saturated carbocycles. The molecule has 0 atom stereocenters. The van der Waals surface area contributed by atoms with Crippen LogP contribution in [0.2, 0.25) is 0 Å². The Kier molecular flexibility index (Phi) is 9.47. The van der Waals surface area contributed by atoms with Crippen molar-refractivity contribution in [1.82, 2.24) is 5.32 Å². The lowest BCUT2D eigenvalue weighted by molar-refractivity contribution is -0.164. The van der Waals surface area contributed by atoms with Crippen molar-refractivity contribution >= 4 is 21.7 Å². The fraction of sp³-hybridized carbons (Fsp3) is 0.444. The van der Waals surface area contributed by atoms with Gasteiger partial charge in [-0.25, -0.2) is 4.85 Å². The molecule has 3 aromatic rings. The number of alkyl halides is 3. The molecule has 1 amide bonds. The Morgan fingerprint density at radius 1 is 1.00 bits per heavy atom. The van der Waals surface area contributed by atoms with Crippen LogP contribution in [0.15, 0.2) is 71.6 Å². The Morgan fingerprint density at radius 3 is 2.17 bits per heavy atom. The number of ether oxygens (including phenoxy) is 2. The summed E-state index contributed by atoms with van der Waals surface area (Å²) in [7, 11) is -3.87. The van der Waals surface area contributed by atoms with Crippen LogP contribution in [-0.2, 0) is 31.6 Å². The van der Waals surface area contributed by atoms with Gasteiger partial charge >= 0.3 is 6.18 Å². The van der Waals surface area contributed by atoms with Crippen LogP contribution in [0.3, 0.4) is 0 Å². The fourth-order valence-electron chi connectivity index (χ4n) is 7.14. The van der Waals surface area contributed by atoms with Gasteiger partial charge in [0.25, 0.3) is 16.0 Å². The summed E-state index contributed by atoms with van der Waals surface area (Å²) in [6.45, 7) is 17.5. The lowest BCUT2D eigenvalue weighted by Gasteiger charge is -2.63. The second-order valence-corrected chi connectivity index (χ2v) is 15.7. The normalized spacial score (nSPS) is 20.9. The van der Waals surface area contributed by atoms with E-state index in [4.69, 9.17) is 20.2 Å². The molecule has 8 nitrogen and oxygen atoms in total. The summed E-state index contributed by atoms with van der Waals surface area (Å²) in [5.74, 6) is -0.279. The van der Waals surface area contributed by atoms with Crippen molar-refractivity contribution in [3.8, 4) is 5.75 Å². The number of nitrogens with zero attached hydrogens (tertiary/aromatic N) is 1. The van der Waals surface area contributed by atoms with Crippen LogP contribution >= 0.6 is 0 Å². The van der Waals surface area contributed by atoms with Gasteiger partial charge in [0.1, 0.15) is 11.9 Å². The van der Waals surface area contributed by atoms with Crippen LogP contribution in [0.25, 0.3) is 4.85 Å². The first-order valence-electron chi connectivity index (χ1n) is 15.6. The third kappa shape index (κ3) is 7.09. The smallest absolute Gasteiger partial charge is 0.407 e. The van der Waals surface area contributed by atoms with Gasteiger partial charge in [-0.15, -0.1) is 0 Å². The topological polar surface area (TPSA) is 95.3 Å². The quantitative estimate of drug-likeness (QED) is 0.166. The average Bonchev–Trinajstić information content (AvgIpc) is 3.00. The first-order valence-corrected chi connectivity index (χ1v) is 17.0. The highest BCUT2D eigenvalue weighted by atomic mass is 32.2. The van der Waals surface area contributed by atoms with E-state index in [9.17, 15) is 26.4 Å². The van der Waals surface area contributed by atoms with E-state index in [1.165, 1.54) is 18.2 Å². The van der Waals surface area contributed by atoms with Gasteiger partial charge in [0.15, 0.2) is 5.69 Å². The first kappa shape index (κ1) is 35.4. The molecule has 1 saturated heterocycles. The van der Waals surface area contributed by atoms with Crippen LogP contribution in [0.1, 0.15) is 61.2 Å². The second kappa shape index (κ2) is 12.8. The van der Waals surface area contributed by atoms with Gasteiger partial charge in [-0.3, -0.25) is 8.98 Å².